The SMILES string of the molecule is CCOC(=O)CNCC1CCC2(CCCCC2)O1. The zero-order chi connectivity index (χ0) is 12.8. The van der Waals surface area contributed by atoms with E-state index in [0.717, 1.165) is 13.0 Å². The lowest BCUT2D eigenvalue weighted by Gasteiger charge is -2.33. The first-order chi connectivity index (χ1) is 8.74. The molecule has 0 aromatic carbocycles. The first-order valence-corrected chi connectivity index (χ1v) is 7.28. The van der Waals surface area contributed by atoms with Crippen LogP contribution in [0.1, 0.15) is 51.9 Å². The molecule has 1 unspecified atom stereocenters. The van der Waals surface area contributed by atoms with Crippen molar-refractivity contribution in [2.75, 3.05) is 19.7 Å². The Hall–Kier alpha value is -0.610. The summed E-state index contributed by atoms with van der Waals surface area (Å²) in [5.74, 6) is -0.178. The molecular formula is C14H25NO3. The van der Waals surface area contributed by atoms with Crippen molar-refractivity contribution in [1.29, 1.82) is 0 Å². The first kappa shape index (κ1) is 13.8. The third-order valence-electron chi connectivity index (χ3n) is 4.05. The Kier molecular flexibility index (Phi) is 5.01. The van der Waals surface area contributed by atoms with Crippen LogP contribution in [-0.2, 0) is 14.3 Å². The normalized spacial score (nSPS) is 26.4. The van der Waals surface area contributed by atoms with Gasteiger partial charge in [-0.1, -0.05) is 19.3 Å². The molecule has 1 aliphatic heterocycles. The van der Waals surface area contributed by atoms with Crippen molar-refractivity contribution >= 4 is 5.97 Å². The topological polar surface area (TPSA) is 47.6 Å². The molecule has 1 spiro atoms. The summed E-state index contributed by atoms with van der Waals surface area (Å²) < 4.78 is 11.1. The lowest BCUT2D eigenvalue weighted by molar-refractivity contribution is -0.142. The first-order valence-electron chi connectivity index (χ1n) is 7.28. The third kappa shape index (κ3) is 3.69. The van der Waals surface area contributed by atoms with Crippen molar-refractivity contribution in [1.82, 2.24) is 5.32 Å². The summed E-state index contributed by atoms with van der Waals surface area (Å²) in [6.45, 7) is 3.33. The standard InChI is InChI=1S/C14H25NO3/c1-2-17-13(16)11-15-10-12-6-9-14(18-12)7-4-3-5-8-14/h12,15H,2-11H2,1H3. The molecule has 0 amide bonds. The number of carbonyl (C=O) groups excluding carboxylic acids is 1. The average Bonchev–Trinajstić information content (AvgIpc) is 2.74. The summed E-state index contributed by atoms with van der Waals surface area (Å²) in [6.07, 6.45) is 9.01. The fourth-order valence-electron chi connectivity index (χ4n) is 3.15. The summed E-state index contributed by atoms with van der Waals surface area (Å²) in [5, 5.41) is 3.13. The summed E-state index contributed by atoms with van der Waals surface area (Å²) in [6, 6.07) is 0. The van der Waals surface area contributed by atoms with Crippen molar-refractivity contribution in [2.45, 2.75) is 63.6 Å². The Morgan fingerprint density at radius 3 is 2.83 bits per heavy atom. The van der Waals surface area contributed by atoms with E-state index in [2.05, 4.69) is 5.32 Å². The average molecular weight is 255 g/mol. The van der Waals surface area contributed by atoms with E-state index in [9.17, 15) is 4.79 Å². The minimum Gasteiger partial charge on any atom is -0.465 e. The number of carbonyl (C=O) groups is 1. The number of esters is 1. The molecule has 1 heterocycles. The number of nitrogens with one attached hydrogen (secondary N) is 1. The molecular weight excluding hydrogens is 230 g/mol. The van der Waals surface area contributed by atoms with E-state index in [4.69, 9.17) is 9.47 Å². The molecule has 104 valence electrons. The Bertz CT molecular complexity index is 274. The van der Waals surface area contributed by atoms with Crippen molar-refractivity contribution < 1.29 is 14.3 Å². The van der Waals surface area contributed by atoms with Gasteiger partial charge in [-0.25, -0.2) is 0 Å². The number of hydrogen-bond acceptors (Lipinski definition) is 4. The second-order valence-electron chi connectivity index (χ2n) is 5.46. The van der Waals surface area contributed by atoms with Crippen molar-refractivity contribution in [3.8, 4) is 0 Å². The summed E-state index contributed by atoms with van der Waals surface area (Å²) >= 11 is 0. The van der Waals surface area contributed by atoms with E-state index in [1.54, 1.807) is 0 Å². The quantitative estimate of drug-likeness (QED) is 0.764. The van der Waals surface area contributed by atoms with E-state index in [0.29, 0.717) is 13.2 Å². The zero-order valence-electron chi connectivity index (χ0n) is 11.4. The van der Waals surface area contributed by atoms with Gasteiger partial charge in [0.1, 0.15) is 0 Å². The Morgan fingerprint density at radius 2 is 2.11 bits per heavy atom. The van der Waals surface area contributed by atoms with Gasteiger partial charge in [0, 0.05) is 6.54 Å². The van der Waals surface area contributed by atoms with E-state index < -0.39 is 0 Å². The van der Waals surface area contributed by atoms with Crippen LogP contribution in [0.3, 0.4) is 0 Å². The van der Waals surface area contributed by atoms with Gasteiger partial charge in [-0.2, -0.15) is 0 Å². The fraction of sp³-hybridized carbons (Fsp3) is 0.929. The lowest BCUT2D eigenvalue weighted by Crippen LogP contribution is -2.36. The minimum absolute atomic E-state index is 0.175. The predicted molar refractivity (Wildman–Crippen MR) is 69.4 cm³/mol. The smallest absolute Gasteiger partial charge is 0.319 e. The van der Waals surface area contributed by atoms with Gasteiger partial charge < -0.3 is 14.8 Å². The van der Waals surface area contributed by atoms with E-state index in [1.807, 2.05) is 6.92 Å². The minimum atomic E-state index is -0.178. The molecule has 0 aromatic heterocycles. The second kappa shape index (κ2) is 6.53. The summed E-state index contributed by atoms with van der Waals surface area (Å²) in [7, 11) is 0. The molecule has 4 heteroatoms. The molecule has 18 heavy (non-hydrogen) atoms. The maximum Gasteiger partial charge on any atom is 0.319 e. The van der Waals surface area contributed by atoms with Gasteiger partial charge in [-0.3, -0.25) is 4.79 Å². The van der Waals surface area contributed by atoms with Gasteiger partial charge in [0.25, 0.3) is 0 Å². The maximum absolute atomic E-state index is 11.2. The van der Waals surface area contributed by atoms with Crippen LogP contribution < -0.4 is 5.32 Å². The number of ether oxygens (including phenoxy) is 2. The number of hydrogen-bond donors (Lipinski definition) is 1. The van der Waals surface area contributed by atoms with Gasteiger partial charge in [0.2, 0.25) is 0 Å². The van der Waals surface area contributed by atoms with E-state index in [1.165, 1.54) is 38.5 Å². The maximum atomic E-state index is 11.2. The Labute approximate surface area is 109 Å². The monoisotopic (exact) mass is 255 g/mol. The highest BCUT2D eigenvalue weighted by Gasteiger charge is 2.40. The van der Waals surface area contributed by atoms with Crippen LogP contribution in [0, 0.1) is 0 Å². The molecule has 2 rings (SSSR count). The molecule has 1 saturated heterocycles. The molecule has 0 aromatic rings. The van der Waals surface area contributed by atoms with Crippen molar-refractivity contribution in [3.05, 3.63) is 0 Å². The zero-order valence-corrected chi connectivity index (χ0v) is 11.4. The molecule has 1 saturated carbocycles. The molecule has 4 nitrogen and oxygen atoms in total. The Balaban J connectivity index is 1.65. The highest BCUT2D eigenvalue weighted by atomic mass is 16.5. The van der Waals surface area contributed by atoms with Crippen molar-refractivity contribution in [3.63, 3.8) is 0 Å². The fourth-order valence-corrected chi connectivity index (χ4v) is 3.15. The molecule has 2 aliphatic rings. The summed E-state index contributed by atoms with van der Waals surface area (Å²) in [5.41, 5.74) is 0.175. The van der Waals surface area contributed by atoms with E-state index in [-0.39, 0.29) is 17.7 Å². The van der Waals surface area contributed by atoms with Crippen LogP contribution in [-0.4, -0.2) is 37.4 Å². The van der Waals surface area contributed by atoms with Crippen LogP contribution >= 0.6 is 0 Å². The van der Waals surface area contributed by atoms with Gasteiger partial charge in [0.15, 0.2) is 0 Å². The van der Waals surface area contributed by atoms with Crippen LogP contribution in [0.15, 0.2) is 0 Å². The van der Waals surface area contributed by atoms with Gasteiger partial charge in [-0.05, 0) is 32.6 Å². The molecule has 1 atom stereocenters. The van der Waals surface area contributed by atoms with Gasteiger partial charge in [0.05, 0.1) is 24.9 Å². The lowest BCUT2D eigenvalue weighted by atomic mass is 9.83. The molecule has 0 bridgehead atoms. The molecule has 1 aliphatic carbocycles. The second-order valence-corrected chi connectivity index (χ2v) is 5.46. The van der Waals surface area contributed by atoms with Crippen LogP contribution in [0.25, 0.3) is 0 Å². The third-order valence-corrected chi connectivity index (χ3v) is 4.05. The van der Waals surface area contributed by atoms with Crippen LogP contribution in [0.4, 0.5) is 0 Å². The van der Waals surface area contributed by atoms with E-state index >= 15 is 0 Å². The highest BCUT2D eigenvalue weighted by molar-refractivity contribution is 5.71. The highest BCUT2D eigenvalue weighted by Crippen LogP contribution is 2.41. The summed E-state index contributed by atoms with van der Waals surface area (Å²) in [4.78, 5) is 11.2. The van der Waals surface area contributed by atoms with Crippen LogP contribution in [0.2, 0.25) is 0 Å². The van der Waals surface area contributed by atoms with Gasteiger partial charge >= 0.3 is 5.97 Å². The molecule has 0 radical (unpaired) electrons. The predicted octanol–water partition coefficient (Wildman–Crippen LogP) is 2.02. The van der Waals surface area contributed by atoms with Gasteiger partial charge in [-0.15, -0.1) is 0 Å². The van der Waals surface area contributed by atoms with Crippen LogP contribution in [0.5, 0.6) is 0 Å². The Morgan fingerprint density at radius 1 is 1.33 bits per heavy atom. The number of rotatable bonds is 5. The largest absolute Gasteiger partial charge is 0.465 e. The van der Waals surface area contributed by atoms with Crippen molar-refractivity contribution in [2.24, 2.45) is 0 Å². The molecule has 1 N–H and O–H groups in total. The molecule has 2 fully saturated rings.